The SMILES string of the molecule is C[C@H](O)CNc1nccc(-c2cn(CC(F)F)nc2-c2ccnc3[nH]ccc23)n1. The third kappa shape index (κ3) is 4.06. The summed E-state index contributed by atoms with van der Waals surface area (Å²) in [7, 11) is 0. The van der Waals surface area contributed by atoms with Crippen molar-refractivity contribution in [1.82, 2.24) is 29.7 Å². The van der Waals surface area contributed by atoms with Crippen LogP contribution < -0.4 is 5.32 Å². The van der Waals surface area contributed by atoms with Crippen molar-refractivity contribution in [1.29, 1.82) is 0 Å². The van der Waals surface area contributed by atoms with Crippen LogP contribution in [0, 0.1) is 0 Å². The zero-order chi connectivity index (χ0) is 20.4. The number of aliphatic hydroxyl groups is 1. The maximum absolute atomic E-state index is 13.0. The van der Waals surface area contributed by atoms with Gasteiger partial charge in [-0.3, -0.25) is 4.68 Å². The van der Waals surface area contributed by atoms with Crippen LogP contribution in [0.25, 0.3) is 33.5 Å². The molecule has 4 aromatic heterocycles. The van der Waals surface area contributed by atoms with Crippen LogP contribution in [-0.2, 0) is 6.54 Å². The van der Waals surface area contributed by atoms with Gasteiger partial charge in [0.15, 0.2) is 0 Å². The fourth-order valence-corrected chi connectivity index (χ4v) is 3.04. The van der Waals surface area contributed by atoms with Gasteiger partial charge in [-0.25, -0.2) is 23.7 Å². The lowest BCUT2D eigenvalue weighted by Gasteiger charge is -2.08. The Morgan fingerprint density at radius 3 is 2.79 bits per heavy atom. The van der Waals surface area contributed by atoms with Crippen LogP contribution in [0.3, 0.4) is 0 Å². The van der Waals surface area contributed by atoms with E-state index in [0.717, 1.165) is 10.9 Å². The Bertz CT molecular complexity index is 1120. The highest BCUT2D eigenvalue weighted by Crippen LogP contribution is 2.34. The van der Waals surface area contributed by atoms with Gasteiger partial charge in [-0.2, -0.15) is 5.10 Å². The summed E-state index contributed by atoms with van der Waals surface area (Å²) in [5, 5.41) is 17.6. The van der Waals surface area contributed by atoms with E-state index in [1.54, 1.807) is 43.8 Å². The number of aliphatic hydroxyl groups excluding tert-OH is 1. The van der Waals surface area contributed by atoms with E-state index in [-0.39, 0.29) is 6.54 Å². The number of alkyl halides is 2. The lowest BCUT2D eigenvalue weighted by molar-refractivity contribution is 0.122. The number of halogens is 2. The van der Waals surface area contributed by atoms with E-state index in [4.69, 9.17) is 0 Å². The van der Waals surface area contributed by atoms with Crippen LogP contribution in [-0.4, -0.2) is 53.9 Å². The molecule has 0 saturated carbocycles. The minimum atomic E-state index is -2.53. The van der Waals surface area contributed by atoms with Crippen LogP contribution in [0.4, 0.5) is 14.7 Å². The van der Waals surface area contributed by atoms with E-state index in [1.807, 2.05) is 6.07 Å². The Hall–Kier alpha value is -3.40. The van der Waals surface area contributed by atoms with E-state index in [2.05, 4.69) is 30.4 Å². The summed E-state index contributed by atoms with van der Waals surface area (Å²) in [5.41, 5.74) is 3.10. The summed E-state index contributed by atoms with van der Waals surface area (Å²) in [6.07, 6.45) is 3.43. The molecule has 3 N–H and O–H groups in total. The summed E-state index contributed by atoms with van der Waals surface area (Å²) in [6.45, 7) is 1.41. The standard InChI is InChI=1S/C19H19F2N7O/c1-11(29)8-25-19-24-7-4-15(26-19)14-9-28(10-16(20)21)27-17(14)12-2-5-22-18-13(12)3-6-23-18/h2-7,9,11,16,29H,8,10H2,1H3,(H,22,23)(H,24,25,26)/t11-/m0/s1. The molecule has 4 rings (SSSR count). The number of nitrogens with zero attached hydrogens (tertiary/aromatic N) is 5. The number of fused-ring (bicyclic) bond motifs is 1. The first-order valence-corrected chi connectivity index (χ1v) is 9.04. The summed E-state index contributed by atoms with van der Waals surface area (Å²) in [4.78, 5) is 15.9. The summed E-state index contributed by atoms with van der Waals surface area (Å²) in [5.74, 6) is 0.331. The van der Waals surface area contributed by atoms with Crippen LogP contribution in [0.1, 0.15) is 6.92 Å². The third-order valence-corrected chi connectivity index (χ3v) is 4.29. The molecule has 0 aliphatic heterocycles. The van der Waals surface area contributed by atoms with Crippen LogP contribution in [0.2, 0.25) is 0 Å². The number of aromatic nitrogens is 6. The van der Waals surface area contributed by atoms with Crippen molar-refractivity contribution in [2.24, 2.45) is 0 Å². The molecule has 0 fully saturated rings. The van der Waals surface area contributed by atoms with E-state index in [9.17, 15) is 13.9 Å². The van der Waals surface area contributed by atoms with Crippen LogP contribution in [0.5, 0.6) is 0 Å². The van der Waals surface area contributed by atoms with Gasteiger partial charge in [0.1, 0.15) is 17.9 Å². The number of hydrogen-bond donors (Lipinski definition) is 3. The van der Waals surface area contributed by atoms with Crippen molar-refractivity contribution in [3.8, 4) is 22.5 Å². The van der Waals surface area contributed by atoms with Crippen molar-refractivity contribution in [2.75, 3.05) is 11.9 Å². The molecule has 0 aliphatic rings. The van der Waals surface area contributed by atoms with Crippen LogP contribution in [0.15, 0.2) is 43.0 Å². The Balaban J connectivity index is 1.82. The highest BCUT2D eigenvalue weighted by atomic mass is 19.3. The molecule has 150 valence electrons. The molecule has 0 saturated heterocycles. The summed E-state index contributed by atoms with van der Waals surface area (Å²) >= 11 is 0. The molecule has 0 bridgehead atoms. The normalized spacial score (nSPS) is 12.6. The second-order valence-corrected chi connectivity index (χ2v) is 6.60. The maximum Gasteiger partial charge on any atom is 0.257 e. The van der Waals surface area contributed by atoms with Gasteiger partial charge in [0, 0.05) is 47.8 Å². The first-order valence-electron chi connectivity index (χ1n) is 9.04. The quantitative estimate of drug-likeness (QED) is 0.441. The number of pyridine rings is 1. The molecular formula is C19H19F2N7O. The zero-order valence-electron chi connectivity index (χ0n) is 15.5. The van der Waals surface area contributed by atoms with Crippen LogP contribution >= 0.6 is 0 Å². The minimum Gasteiger partial charge on any atom is -0.392 e. The Morgan fingerprint density at radius 2 is 2.00 bits per heavy atom. The lowest BCUT2D eigenvalue weighted by atomic mass is 10.0. The van der Waals surface area contributed by atoms with Gasteiger partial charge in [-0.1, -0.05) is 0 Å². The molecule has 29 heavy (non-hydrogen) atoms. The van der Waals surface area contributed by atoms with Crippen molar-refractivity contribution in [3.63, 3.8) is 0 Å². The second kappa shape index (κ2) is 7.92. The largest absolute Gasteiger partial charge is 0.392 e. The number of aromatic amines is 1. The van der Waals surface area contributed by atoms with Gasteiger partial charge in [0.2, 0.25) is 5.95 Å². The Morgan fingerprint density at radius 1 is 1.17 bits per heavy atom. The predicted octanol–water partition coefficient (Wildman–Crippen LogP) is 2.94. The summed E-state index contributed by atoms with van der Waals surface area (Å²) in [6, 6.07) is 5.35. The lowest BCUT2D eigenvalue weighted by Crippen LogP contribution is -2.16. The first kappa shape index (κ1) is 18.9. The average Bonchev–Trinajstić information content (AvgIpc) is 3.33. The highest BCUT2D eigenvalue weighted by molar-refractivity contribution is 5.95. The van der Waals surface area contributed by atoms with Gasteiger partial charge in [-0.15, -0.1) is 0 Å². The fraction of sp³-hybridized carbons (Fsp3) is 0.263. The number of nitrogens with one attached hydrogen (secondary N) is 2. The molecule has 0 aliphatic carbocycles. The molecule has 4 heterocycles. The minimum absolute atomic E-state index is 0.287. The van der Waals surface area contributed by atoms with Gasteiger partial charge in [-0.05, 0) is 25.1 Å². The van der Waals surface area contributed by atoms with Crippen molar-refractivity contribution >= 4 is 17.0 Å². The smallest absolute Gasteiger partial charge is 0.257 e. The molecule has 4 aromatic rings. The van der Waals surface area contributed by atoms with E-state index < -0.39 is 19.1 Å². The van der Waals surface area contributed by atoms with Gasteiger partial charge >= 0.3 is 0 Å². The number of H-pyrrole nitrogens is 1. The number of anilines is 1. The van der Waals surface area contributed by atoms with Gasteiger partial charge in [0.25, 0.3) is 6.43 Å². The molecule has 0 radical (unpaired) electrons. The highest BCUT2D eigenvalue weighted by Gasteiger charge is 2.19. The molecule has 8 nitrogen and oxygen atoms in total. The zero-order valence-corrected chi connectivity index (χ0v) is 15.5. The molecule has 0 spiro atoms. The first-order chi connectivity index (χ1) is 14.0. The monoisotopic (exact) mass is 399 g/mol. The van der Waals surface area contributed by atoms with E-state index >= 15 is 0 Å². The van der Waals surface area contributed by atoms with Gasteiger partial charge < -0.3 is 15.4 Å². The topological polar surface area (TPSA) is 105 Å². The van der Waals surface area contributed by atoms with Crippen molar-refractivity contribution in [3.05, 3.63) is 43.0 Å². The van der Waals surface area contributed by atoms with E-state index in [1.165, 1.54) is 4.68 Å². The number of rotatable bonds is 7. The third-order valence-electron chi connectivity index (χ3n) is 4.29. The Labute approximate surface area is 164 Å². The maximum atomic E-state index is 13.0. The van der Waals surface area contributed by atoms with Crippen molar-refractivity contribution < 1.29 is 13.9 Å². The van der Waals surface area contributed by atoms with E-state index in [0.29, 0.717) is 28.5 Å². The second-order valence-electron chi connectivity index (χ2n) is 6.60. The molecule has 0 aromatic carbocycles. The average molecular weight is 399 g/mol. The Kier molecular flexibility index (Phi) is 5.17. The molecule has 0 amide bonds. The summed E-state index contributed by atoms with van der Waals surface area (Å²) < 4.78 is 27.2. The van der Waals surface area contributed by atoms with Crippen molar-refractivity contribution in [2.45, 2.75) is 26.0 Å². The molecule has 0 unspecified atom stereocenters. The van der Waals surface area contributed by atoms with Gasteiger partial charge in [0.05, 0.1) is 11.8 Å². The molecule has 1 atom stereocenters. The molecular weight excluding hydrogens is 380 g/mol. The predicted molar refractivity (Wildman–Crippen MR) is 105 cm³/mol. The number of hydrogen-bond acceptors (Lipinski definition) is 6. The fourth-order valence-electron chi connectivity index (χ4n) is 3.04. The molecule has 10 heteroatoms.